The maximum absolute atomic E-state index is 12.6. The Hall–Kier alpha value is -1.24. The lowest BCUT2D eigenvalue weighted by Crippen LogP contribution is -2.39. The minimum atomic E-state index is -4.36. The second kappa shape index (κ2) is 3.38. The van der Waals surface area contributed by atoms with Crippen molar-refractivity contribution >= 4 is 17.3 Å². The van der Waals surface area contributed by atoms with Gasteiger partial charge in [-0.25, -0.2) is 5.10 Å². The van der Waals surface area contributed by atoms with Gasteiger partial charge in [-0.15, -0.1) is 0 Å². The van der Waals surface area contributed by atoms with E-state index in [-0.39, 0.29) is 23.6 Å². The SMILES string of the molecule is O=c1[nH]ncc(NC2(C(F)(F)F)CC2)c1Cl. The van der Waals surface area contributed by atoms with E-state index in [4.69, 9.17) is 11.6 Å². The molecule has 4 nitrogen and oxygen atoms in total. The number of hydrogen-bond acceptors (Lipinski definition) is 3. The van der Waals surface area contributed by atoms with Gasteiger partial charge in [-0.3, -0.25) is 4.79 Å². The summed E-state index contributed by atoms with van der Waals surface area (Å²) in [6.45, 7) is 0. The molecule has 1 aliphatic carbocycles. The van der Waals surface area contributed by atoms with E-state index in [1.165, 1.54) is 0 Å². The van der Waals surface area contributed by atoms with Crippen molar-refractivity contribution in [1.29, 1.82) is 0 Å². The van der Waals surface area contributed by atoms with Gasteiger partial charge in [0.15, 0.2) is 0 Å². The van der Waals surface area contributed by atoms with E-state index in [1.807, 2.05) is 5.10 Å². The van der Waals surface area contributed by atoms with Crippen molar-refractivity contribution in [3.05, 3.63) is 21.6 Å². The van der Waals surface area contributed by atoms with Gasteiger partial charge in [0.05, 0.1) is 11.9 Å². The van der Waals surface area contributed by atoms with Crippen LogP contribution in [0.15, 0.2) is 11.0 Å². The van der Waals surface area contributed by atoms with Gasteiger partial charge in [0, 0.05) is 0 Å². The van der Waals surface area contributed by atoms with Crippen LogP contribution in [0, 0.1) is 0 Å². The molecular weight excluding hydrogens is 247 g/mol. The third kappa shape index (κ3) is 1.75. The Morgan fingerprint density at radius 2 is 2.12 bits per heavy atom. The minimum absolute atomic E-state index is 0.0281. The summed E-state index contributed by atoms with van der Waals surface area (Å²) in [6, 6.07) is 0. The van der Waals surface area contributed by atoms with Gasteiger partial charge in [-0.05, 0) is 12.8 Å². The number of anilines is 1. The number of aromatic nitrogens is 2. The molecule has 1 saturated carbocycles. The van der Waals surface area contributed by atoms with E-state index >= 15 is 0 Å². The highest BCUT2D eigenvalue weighted by Gasteiger charge is 2.63. The van der Waals surface area contributed by atoms with Crippen LogP contribution in [-0.2, 0) is 0 Å². The predicted molar refractivity (Wildman–Crippen MR) is 51.5 cm³/mol. The van der Waals surface area contributed by atoms with Crippen molar-refractivity contribution in [3.8, 4) is 0 Å². The first-order valence-electron chi connectivity index (χ1n) is 4.44. The quantitative estimate of drug-likeness (QED) is 0.847. The molecule has 0 radical (unpaired) electrons. The first-order valence-corrected chi connectivity index (χ1v) is 4.82. The monoisotopic (exact) mass is 253 g/mol. The minimum Gasteiger partial charge on any atom is -0.369 e. The molecule has 0 aliphatic heterocycles. The fraction of sp³-hybridized carbons (Fsp3) is 0.500. The number of H-pyrrole nitrogens is 1. The average Bonchev–Trinajstić information content (AvgIpc) is 2.93. The molecule has 2 rings (SSSR count). The number of alkyl halides is 3. The normalized spacial score (nSPS) is 18.2. The van der Waals surface area contributed by atoms with E-state index in [9.17, 15) is 18.0 Å². The second-order valence-electron chi connectivity index (χ2n) is 3.63. The molecule has 88 valence electrons. The van der Waals surface area contributed by atoms with Crippen LogP contribution >= 0.6 is 11.6 Å². The average molecular weight is 254 g/mol. The second-order valence-corrected chi connectivity index (χ2v) is 4.01. The number of rotatable bonds is 2. The molecule has 16 heavy (non-hydrogen) atoms. The number of hydrogen-bond donors (Lipinski definition) is 2. The van der Waals surface area contributed by atoms with Crippen molar-refractivity contribution < 1.29 is 13.2 Å². The largest absolute Gasteiger partial charge is 0.411 e. The van der Waals surface area contributed by atoms with Crippen LogP contribution in [0.3, 0.4) is 0 Å². The van der Waals surface area contributed by atoms with Crippen molar-refractivity contribution in [1.82, 2.24) is 10.2 Å². The Morgan fingerprint density at radius 1 is 1.50 bits per heavy atom. The van der Waals surface area contributed by atoms with Crippen molar-refractivity contribution in [2.75, 3.05) is 5.32 Å². The van der Waals surface area contributed by atoms with Gasteiger partial charge in [-0.2, -0.15) is 18.3 Å². The first kappa shape index (κ1) is 11.3. The molecule has 0 spiro atoms. The van der Waals surface area contributed by atoms with Gasteiger partial charge in [0.2, 0.25) is 0 Å². The zero-order valence-electron chi connectivity index (χ0n) is 7.86. The van der Waals surface area contributed by atoms with Gasteiger partial charge in [-0.1, -0.05) is 11.6 Å². The van der Waals surface area contributed by atoms with Crippen LogP contribution in [0.1, 0.15) is 12.8 Å². The van der Waals surface area contributed by atoms with Crippen LogP contribution in [0.2, 0.25) is 5.02 Å². The van der Waals surface area contributed by atoms with Crippen molar-refractivity contribution in [2.24, 2.45) is 0 Å². The van der Waals surface area contributed by atoms with Crippen molar-refractivity contribution in [3.63, 3.8) is 0 Å². The van der Waals surface area contributed by atoms with E-state index in [1.54, 1.807) is 0 Å². The lowest BCUT2D eigenvalue weighted by molar-refractivity contribution is -0.151. The molecule has 0 saturated heterocycles. The molecule has 8 heteroatoms. The highest BCUT2D eigenvalue weighted by Crippen LogP contribution is 2.51. The third-order valence-electron chi connectivity index (χ3n) is 2.46. The summed E-state index contributed by atoms with van der Waals surface area (Å²) in [6.07, 6.45) is -3.35. The van der Waals surface area contributed by atoms with E-state index in [2.05, 4.69) is 10.4 Å². The van der Waals surface area contributed by atoms with Crippen LogP contribution in [0.4, 0.5) is 18.9 Å². The van der Waals surface area contributed by atoms with Gasteiger partial charge in [0.1, 0.15) is 10.6 Å². The Kier molecular flexibility index (Phi) is 2.37. The maximum Gasteiger partial charge on any atom is 0.411 e. The zero-order chi connectivity index (χ0) is 12.0. The summed E-state index contributed by atoms with van der Waals surface area (Å²) in [5.41, 5.74) is -2.77. The fourth-order valence-corrected chi connectivity index (χ4v) is 1.47. The Balaban J connectivity index is 2.29. The topological polar surface area (TPSA) is 57.8 Å². The van der Waals surface area contributed by atoms with Crippen molar-refractivity contribution in [2.45, 2.75) is 24.6 Å². The zero-order valence-corrected chi connectivity index (χ0v) is 8.61. The molecule has 0 unspecified atom stereocenters. The summed E-state index contributed by atoms with van der Waals surface area (Å²) in [5.74, 6) is 0. The van der Waals surface area contributed by atoms with Crippen LogP contribution in [0.25, 0.3) is 0 Å². The molecule has 0 atom stereocenters. The molecule has 1 heterocycles. The molecule has 1 aromatic heterocycles. The summed E-state index contributed by atoms with van der Waals surface area (Å²) in [7, 11) is 0. The van der Waals surface area contributed by atoms with Gasteiger partial charge in [0.25, 0.3) is 5.56 Å². The summed E-state index contributed by atoms with van der Waals surface area (Å²) >= 11 is 5.56. The Bertz CT molecular complexity index is 466. The third-order valence-corrected chi connectivity index (χ3v) is 2.84. The smallest absolute Gasteiger partial charge is 0.369 e. The van der Waals surface area contributed by atoms with Gasteiger partial charge < -0.3 is 5.32 Å². The molecule has 2 N–H and O–H groups in total. The molecular formula is C8H7ClF3N3O. The standard InChI is InChI=1S/C8H7ClF3N3O/c9-5-4(3-13-15-6(5)16)14-7(1-2-7)8(10,11)12/h3H,1-2H2,(H2,14,15,16). The lowest BCUT2D eigenvalue weighted by atomic mass is 10.2. The maximum atomic E-state index is 12.6. The van der Waals surface area contributed by atoms with Crippen LogP contribution in [-0.4, -0.2) is 21.9 Å². The number of halogens is 4. The fourth-order valence-electron chi connectivity index (χ4n) is 1.33. The molecule has 0 bridgehead atoms. The summed E-state index contributed by atoms with van der Waals surface area (Å²) < 4.78 is 37.8. The summed E-state index contributed by atoms with van der Waals surface area (Å²) in [4.78, 5) is 11.0. The summed E-state index contributed by atoms with van der Waals surface area (Å²) in [5, 5.41) is 7.34. The molecule has 1 fully saturated rings. The number of aromatic amines is 1. The Labute approximate surface area is 92.8 Å². The molecule has 1 aromatic rings. The molecule has 1 aliphatic rings. The molecule has 0 amide bonds. The Morgan fingerprint density at radius 3 is 2.62 bits per heavy atom. The van der Waals surface area contributed by atoms with E-state index in [0.29, 0.717) is 0 Å². The number of nitrogens with one attached hydrogen (secondary N) is 2. The van der Waals surface area contributed by atoms with E-state index < -0.39 is 17.3 Å². The van der Waals surface area contributed by atoms with Gasteiger partial charge >= 0.3 is 6.18 Å². The predicted octanol–water partition coefficient (Wildman–Crippen LogP) is 1.93. The van der Waals surface area contributed by atoms with Crippen LogP contribution < -0.4 is 10.9 Å². The number of nitrogens with zero attached hydrogens (tertiary/aromatic N) is 1. The highest BCUT2D eigenvalue weighted by atomic mass is 35.5. The first-order chi connectivity index (χ1) is 7.36. The van der Waals surface area contributed by atoms with Crippen LogP contribution in [0.5, 0.6) is 0 Å². The van der Waals surface area contributed by atoms with E-state index in [0.717, 1.165) is 6.20 Å². The molecule has 0 aromatic carbocycles. The highest BCUT2D eigenvalue weighted by molar-refractivity contribution is 6.32. The lowest BCUT2D eigenvalue weighted by Gasteiger charge is -2.21.